The van der Waals surface area contributed by atoms with Gasteiger partial charge in [-0.15, -0.1) is 0 Å². The van der Waals surface area contributed by atoms with E-state index in [2.05, 4.69) is 33.6 Å². The summed E-state index contributed by atoms with van der Waals surface area (Å²) in [5.41, 5.74) is 3.24. The standard InChI is InChI=1S/C20H23N5O2S/c1-2-16-5-3-4-6-18(16)24-19-12-14-23-20(25-19)22-13-11-15-7-9-17(10-8-15)28(21,26)27/h3-10,12,14H,2,11,13H2,1H3,(H2,21,26,27)(H2,22,23,24,25). The third-order valence-electron chi connectivity index (χ3n) is 4.27. The van der Waals surface area contributed by atoms with E-state index in [0.717, 1.165) is 23.5 Å². The van der Waals surface area contributed by atoms with Gasteiger partial charge in [-0.05, 0) is 48.2 Å². The van der Waals surface area contributed by atoms with E-state index < -0.39 is 10.0 Å². The number of nitrogens with two attached hydrogens (primary N) is 1. The molecule has 0 radical (unpaired) electrons. The lowest BCUT2D eigenvalue weighted by atomic mass is 10.1. The summed E-state index contributed by atoms with van der Waals surface area (Å²) in [6.07, 6.45) is 3.33. The molecule has 0 aliphatic heterocycles. The molecule has 3 rings (SSSR count). The molecule has 1 aromatic heterocycles. The number of hydrogen-bond donors (Lipinski definition) is 3. The summed E-state index contributed by atoms with van der Waals surface area (Å²) in [6, 6.07) is 16.5. The Hall–Kier alpha value is -2.97. The molecule has 3 aromatic rings. The van der Waals surface area contributed by atoms with Gasteiger partial charge in [-0.3, -0.25) is 0 Å². The van der Waals surface area contributed by atoms with Crippen molar-refractivity contribution in [3.63, 3.8) is 0 Å². The summed E-state index contributed by atoms with van der Waals surface area (Å²) < 4.78 is 22.6. The third-order valence-corrected chi connectivity index (χ3v) is 5.19. The van der Waals surface area contributed by atoms with E-state index in [1.165, 1.54) is 17.7 Å². The number of nitrogens with zero attached hydrogens (tertiary/aromatic N) is 2. The van der Waals surface area contributed by atoms with Crippen molar-refractivity contribution < 1.29 is 8.42 Å². The molecule has 1 heterocycles. The fourth-order valence-electron chi connectivity index (χ4n) is 2.77. The number of anilines is 3. The normalized spacial score (nSPS) is 11.2. The number of sulfonamides is 1. The first-order valence-electron chi connectivity index (χ1n) is 8.99. The summed E-state index contributed by atoms with van der Waals surface area (Å²) in [7, 11) is -3.66. The second kappa shape index (κ2) is 8.81. The van der Waals surface area contributed by atoms with Crippen molar-refractivity contribution in [2.45, 2.75) is 24.7 Å². The number of benzene rings is 2. The molecule has 0 aliphatic rings. The summed E-state index contributed by atoms with van der Waals surface area (Å²) in [6.45, 7) is 2.73. The van der Waals surface area contributed by atoms with E-state index in [-0.39, 0.29) is 4.90 Å². The molecule has 0 saturated heterocycles. The van der Waals surface area contributed by atoms with E-state index in [9.17, 15) is 8.42 Å². The SMILES string of the molecule is CCc1ccccc1Nc1ccnc(NCCc2ccc(S(N)(=O)=O)cc2)n1. The molecule has 0 unspecified atom stereocenters. The highest BCUT2D eigenvalue weighted by Gasteiger charge is 2.07. The van der Waals surface area contributed by atoms with Gasteiger partial charge in [0.05, 0.1) is 4.90 Å². The average Bonchev–Trinajstić information content (AvgIpc) is 2.68. The largest absolute Gasteiger partial charge is 0.354 e. The van der Waals surface area contributed by atoms with Crippen LogP contribution >= 0.6 is 0 Å². The van der Waals surface area contributed by atoms with Crippen molar-refractivity contribution in [1.82, 2.24) is 9.97 Å². The van der Waals surface area contributed by atoms with Crippen LogP contribution in [0, 0.1) is 0 Å². The first kappa shape index (κ1) is 19.8. The number of aromatic nitrogens is 2. The van der Waals surface area contributed by atoms with Crippen LogP contribution in [0.5, 0.6) is 0 Å². The molecule has 28 heavy (non-hydrogen) atoms. The van der Waals surface area contributed by atoms with Gasteiger partial charge in [0, 0.05) is 18.4 Å². The summed E-state index contributed by atoms with van der Waals surface area (Å²) in [5.74, 6) is 1.25. The Morgan fingerprint density at radius 1 is 1.04 bits per heavy atom. The van der Waals surface area contributed by atoms with Crippen LogP contribution in [-0.2, 0) is 22.9 Å². The maximum absolute atomic E-state index is 11.3. The summed E-state index contributed by atoms with van der Waals surface area (Å²) >= 11 is 0. The number of primary sulfonamides is 1. The van der Waals surface area contributed by atoms with Crippen LogP contribution in [-0.4, -0.2) is 24.9 Å². The molecule has 0 saturated carbocycles. The Balaban J connectivity index is 1.59. The van der Waals surface area contributed by atoms with E-state index >= 15 is 0 Å². The van der Waals surface area contributed by atoms with Crippen molar-refractivity contribution in [3.8, 4) is 0 Å². The monoisotopic (exact) mass is 397 g/mol. The molecule has 8 heteroatoms. The molecule has 4 N–H and O–H groups in total. The lowest BCUT2D eigenvalue weighted by molar-refractivity contribution is 0.598. The number of aryl methyl sites for hydroxylation is 1. The number of rotatable bonds is 8. The molecule has 0 spiro atoms. The first-order chi connectivity index (χ1) is 13.5. The predicted molar refractivity (Wildman–Crippen MR) is 111 cm³/mol. The van der Waals surface area contributed by atoms with Gasteiger partial charge in [-0.1, -0.05) is 37.3 Å². The van der Waals surface area contributed by atoms with Gasteiger partial charge < -0.3 is 10.6 Å². The van der Waals surface area contributed by atoms with Crippen LogP contribution in [0.1, 0.15) is 18.1 Å². The molecule has 0 amide bonds. The zero-order chi connectivity index (χ0) is 20.0. The molecular formula is C20H23N5O2S. The molecule has 146 valence electrons. The van der Waals surface area contributed by atoms with Crippen molar-refractivity contribution in [2.24, 2.45) is 5.14 Å². The van der Waals surface area contributed by atoms with Crippen LogP contribution < -0.4 is 15.8 Å². The highest BCUT2D eigenvalue weighted by molar-refractivity contribution is 7.89. The van der Waals surface area contributed by atoms with Gasteiger partial charge in [-0.25, -0.2) is 18.5 Å². The van der Waals surface area contributed by atoms with Crippen LogP contribution in [0.25, 0.3) is 0 Å². The van der Waals surface area contributed by atoms with Crippen LogP contribution in [0.4, 0.5) is 17.5 Å². The minimum absolute atomic E-state index is 0.110. The lowest BCUT2D eigenvalue weighted by Gasteiger charge is -2.11. The van der Waals surface area contributed by atoms with Gasteiger partial charge >= 0.3 is 0 Å². The van der Waals surface area contributed by atoms with Gasteiger partial charge in [0.15, 0.2) is 0 Å². The molecule has 0 aliphatic carbocycles. The zero-order valence-corrected chi connectivity index (χ0v) is 16.4. The summed E-state index contributed by atoms with van der Waals surface area (Å²) in [5, 5.41) is 11.6. The Bertz CT molecular complexity index is 1040. The summed E-state index contributed by atoms with van der Waals surface area (Å²) in [4.78, 5) is 8.84. The van der Waals surface area contributed by atoms with Crippen molar-refractivity contribution >= 4 is 27.5 Å². The molecular weight excluding hydrogens is 374 g/mol. The molecule has 0 atom stereocenters. The Kier molecular flexibility index (Phi) is 6.23. The second-order valence-corrected chi connectivity index (χ2v) is 7.83. The maximum atomic E-state index is 11.3. The van der Waals surface area contributed by atoms with Crippen LogP contribution in [0.2, 0.25) is 0 Å². The zero-order valence-electron chi connectivity index (χ0n) is 15.6. The minimum atomic E-state index is -3.66. The van der Waals surface area contributed by atoms with Crippen molar-refractivity contribution in [2.75, 3.05) is 17.2 Å². The number of nitrogens with one attached hydrogen (secondary N) is 2. The maximum Gasteiger partial charge on any atom is 0.238 e. The second-order valence-electron chi connectivity index (χ2n) is 6.27. The van der Waals surface area contributed by atoms with Crippen molar-refractivity contribution in [3.05, 3.63) is 71.9 Å². The Morgan fingerprint density at radius 2 is 1.79 bits per heavy atom. The number of para-hydroxylation sites is 1. The molecule has 0 fully saturated rings. The average molecular weight is 398 g/mol. The van der Waals surface area contributed by atoms with Gasteiger partial charge in [0.2, 0.25) is 16.0 Å². The van der Waals surface area contributed by atoms with Crippen LogP contribution in [0.3, 0.4) is 0 Å². The fraction of sp³-hybridized carbons (Fsp3) is 0.200. The van der Waals surface area contributed by atoms with Gasteiger partial charge in [-0.2, -0.15) is 4.98 Å². The van der Waals surface area contributed by atoms with E-state index in [1.54, 1.807) is 18.3 Å². The fourth-order valence-corrected chi connectivity index (χ4v) is 3.28. The van der Waals surface area contributed by atoms with E-state index in [0.29, 0.717) is 18.9 Å². The predicted octanol–water partition coefficient (Wildman–Crippen LogP) is 3.08. The molecule has 2 aromatic carbocycles. The highest BCUT2D eigenvalue weighted by Crippen LogP contribution is 2.20. The van der Waals surface area contributed by atoms with Gasteiger partial charge in [0.1, 0.15) is 5.82 Å². The van der Waals surface area contributed by atoms with Crippen LogP contribution in [0.15, 0.2) is 65.7 Å². The van der Waals surface area contributed by atoms with E-state index in [1.807, 2.05) is 24.3 Å². The van der Waals surface area contributed by atoms with E-state index in [4.69, 9.17) is 5.14 Å². The molecule has 0 bridgehead atoms. The third kappa shape index (κ3) is 5.28. The smallest absolute Gasteiger partial charge is 0.238 e. The Morgan fingerprint density at radius 3 is 2.50 bits per heavy atom. The lowest BCUT2D eigenvalue weighted by Crippen LogP contribution is -2.12. The van der Waals surface area contributed by atoms with Crippen molar-refractivity contribution in [1.29, 1.82) is 0 Å². The van der Waals surface area contributed by atoms with Gasteiger partial charge in [0.25, 0.3) is 0 Å². The molecule has 7 nitrogen and oxygen atoms in total. The Labute approximate surface area is 165 Å². The highest BCUT2D eigenvalue weighted by atomic mass is 32.2. The first-order valence-corrected chi connectivity index (χ1v) is 10.5. The number of hydrogen-bond acceptors (Lipinski definition) is 6. The minimum Gasteiger partial charge on any atom is -0.354 e. The quantitative estimate of drug-likeness (QED) is 0.539. The topological polar surface area (TPSA) is 110 Å².